The quantitative estimate of drug-likeness (QED) is 0.570. The van der Waals surface area contributed by atoms with Crippen molar-refractivity contribution in [3.8, 4) is 0 Å². The molecule has 0 saturated carbocycles. The number of nitrogen functional groups attached to an aromatic ring is 1. The Hall–Kier alpha value is -3.09. The molecule has 3 N–H and O–H groups in total. The van der Waals surface area contributed by atoms with Gasteiger partial charge in [-0.15, -0.1) is 0 Å². The average molecular weight is 446 g/mol. The molecule has 31 heavy (non-hydrogen) atoms. The summed E-state index contributed by atoms with van der Waals surface area (Å²) in [6.07, 6.45) is 1.95. The van der Waals surface area contributed by atoms with Crippen LogP contribution in [0.25, 0.3) is 11.2 Å². The summed E-state index contributed by atoms with van der Waals surface area (Å²) in [6, 6.07) is 8.00. The second-order valence-corrected chi connectivity index (χ2v) is 8.75. The molecular formula is C19H22N6O5S. The predicted octanol–water partition coefficient (Wildman–Crippen LogP) is 1.27. The van der Waals surface area contributed by atoms with Gasteiger partial charge in [-0.05, 0) is 18.1 Å². The standard InChI is InChI=1S/C19H22N6O5S/c1-11-12(2)19(25-10-23-15-16(20)21-9-22-17(15)25)30-14(11)8-29-31(27,28)24-18(26)13-6-4-3-5-7-13/h3-7,9-12,14,19H,8H2,1-2H3,(H,24,26)(H2,20,21,22)/t11-,12+,14+,19+/m0/s1. The van der Waals surface area contributed by atoms with Crippen molar-refractivity contribution in [3.63, 3.8) is 0 Å². The van der Waals surface area contributed by atoms with E-state index in [4.69, 9.17) is 14.7 Å². The van der Waals surface area contributed by atoms with Crippen molar-refractivity contribution in [2.75, 3.05) is 12.3 Å². The first kappa shape index (κ1) is 21.2. The second kappa shape index (κ2) is 8.21. The number of carbonyl (C=O) groups is 1. The summed E-state index contributed by atoms with van der Waals surface area (Å²) < 4.78 is 39.2. The predicted molar refractivity (Wildman–Crippen MR) is 111 cm³/mol. The summed E-state index contributed by atoms with van der Waals surface area (Å²) in [5, 5.41) is 0. The fourth-order valence-corrected chi connectivity index (χ4v) is 4.26. The van der Waals surface area contributed by atoms with Crippen LogP contribution in [0.5, 0.6) is 0 Å². The lowest BCUT2D eigenvalue weighted by Crippen LogP contribution is -2.34. The Morgan fingerprint density at radius 2 is 1.94 bits per heavy atom. The van der Waals surface area contributed by atoms with E-state index in [0.717, 1.165) is 0 Å². The Morgan fingerprint density at radius 1 is 1.19 bits per heavy atom. The first-order valence-electron chi connectivity index (χ1n) is 9.62. The van der Waals surface area contributed by atoms with E-state index in [-0.39, 0.29) is 29.8 Å². The summed E-state index contributed by atoms with van der Waals surface area (Å²) in [4.78, 5) is 24.5. The summed E-state index contributed by atoms with van der Waals surface area (Å²) >= 11 is 0. The monoisotopic (exact) mass is 446 g/mol. The highest BCUT2D eigenvalue weighted by Crippen LogP contribution is 2.40. The third kappa shape index (κ3) is 4.22. The van der Waals surface area contributed by atoms with Gasteiger partial charge in [-0.3, -0.25) is 13.5 Å². The number of imidazole rings is 1. The van der Waals surface area contributed by atoms with E-state index in [0.29, 0.717) is 11.2 Å². The number of ether oxygens (including phenoxy) is 1. The molecule has 1 saturated heterocycles. The first-order valence-corrected chi connectivity index (χ1v) is 11.0. The number of amides is 1. The van der Waals surface area contributed by atoms with Gasteiger partial charge in [-0.1, -0.05) is 32.0 Å². The van der Waals surface area contributed by atoms with E-state index in [1.807, 2.05) is 18.6 Å². The first-order chi connectivity index (χ1) is 14.8. The molecule has 1 aromatic carbocycles. The van der Waals surface area contributed by atoms with Crippen LogP contribution in [-0.4, -0.2) is 46.6 Å². The highest BCUT2D eigenvalue weighted by atomic mass is 32.2. The Kier molecular flexibility index (Phi) is 5.60. The number of hydrogen-bond donors (Lipinski definition) is 2. The fraction of sp³-hybridized carbons (Fsp3) is 0.368. The average Bonchev–Trinajstić information content (AvgIpc) is 3.29. The van der Waals surface area contributed by atoms with Crippen molar-refractivity contribution in [3.05, 3.63) is 48.5 Å². The molecule has 1 aliphatic rings. The summed E-state index contributed by atoms with van der Waals surface area (Å²) in [6.45, 7) is 3.68. The number of benzene rings is 1. The maximum absolute atomic E-state index is 12.2. The van der Waals surface area contributed by atoms with Crippen LogP contribution in [0, 0.1) is 11.8 Å². The number of hydrogen-bond acceptors (Lipinski definition) is 9. The van der Waals surface area contributed by atoms with Crippen LogP contribution in [0.1, 0.15) is 30.4 Å². The summed E-state index contributed by atoms with van der Waals surface area (Å²) in [5.74, 6) is -0.539. The number of fused-ring (bicyclic) bond motifs is 1. The van der Waals surface area contributed by atoms with E-state index in [1.54, 1.807) is 29.1 Å². The molecule has 2 aromatic heterocycles. The zero-order chi connectivity index (χ0) is 22.2. The van der Waals surface area contributed by atoms with E-state index in [9.17, 15) is 13.2 Å². The molecule has 3 aromatic rings. The maximum atomic E-state index is 12.2. The van der Waals surface area contributed by atoms with Crippen LogP contribution < -0.4 is 10.5 Å². The molecule has 0 aliphatic carbocycles. The minimum absolute atomic E-state index is 0.00352. The molecular weight excluding hydrogens is 424 g/mol. The van der Waals surface area contributed by atoms with Gasteiger partial charge in [0.15, 0.2) is 11.5 Å². The summed E-state index contributed by atoms with van der Waals surface area (Å²) in [7, 11) is -4.30. The van der Waals surface area contributed by atoms with Crippen molar-refractivity contribution >= 4 is 33.2 Å². The molecule has 164 valence electrons. The van der Waals surface area contributed by atoms with Gasteiger partial charge < -0.3 is 10.5 Å². The van der Waals surface area contributed by atoms with Gasteiger partial charge >= 0.3 is 10.3 Å². The largest absolute Gasteiger partial charge is 0.382 e. The van der Waals surface area contributed by atoms with Crippen LogP contribution in [0.3, 0.4) is 0 Å². The Morgan fingerprint density at radius 3 is 2.68 bits per heavy atom. The molecule has 1 aliphatic heterocycles. The van der Waals surface area contributed by atoms with Gasteiger partial charge in [0.05, 0.1) is 19.0 Å². The molecule has 11 nitrogen and oxygen atoms in total. The topological polar surface area (TPSA) is 151 Å². The van der Waals surface area contributed by atoms with Gasteiger partial charge in [-0.2, -0.15) is 8.42 Å². The molecule has 4 rings (SSSR count). The smallest absolute Gasteiger partial charge is 0.362 e. The van der Waals surface area contributed by atoms with E-state index < -0.39 is 28.5 Å². The van der Waals surface area contributed by atoms with Crippen molar-refractivity contribution < 1.29 is 22.1 Å². The van der Waals surface area contributed by atoms with Gasteiger partial charge in [0.1, 0.15) is 18.1 Å². The van der Waals surface area contributed by atoms with Crippen molar-refractivity contribution in [1.29, 1.82) is 0 Å². The van der Waals surface area contributed by atoms with Crippen LogP contribution in [0.15, 0.2) is 43.0 Å². The Balaban J connectivity index is 1.43. The van der Waals surface area contributed by atoms with Crippen LogP contribution in [0.2, 0.25) is 0 Å². The molecule has 12 heteroatoms. The number of aromatic nitrogens is 4. The number of anilines is 1. The van der Waals surface area contributed by atoms with E-state index in [1.165, 1.54) is 18.5 Å². The third-order valence-electron chi connectivity index (χ3n) is 5.48. The number of nitrogens with two attached hydrogens (primary N) is 1. The Bertz CT molecular complexity index is 1200. The SMILES string of the molecule is C[C@@H]1[C@H](C)[C@@H](COS(=O)(=O)NC(=O)c2ccccc2)O[C@H]1n1cnc2c(N)ncnc21. The second-order valence-electron chi connectivity index (χ2n) is 7.40. The normalized spacial score (nSPS) is 23.8. The van der Waals surface area contributed by atoms with Gasteiger partial charge in [0.25, 0.3) is 5.91 Å². The van der Waals surface area contributed by atoms with E-state index >= 15 is 0 Å². The number of carbonyl (C=O) groups excluding carboxylic acids is 1. The molecule has 0 unspecified atom stereocenters. The number of nitrogens with one attached hydrogen (secondary N) is 1. The molecule has 0 radical (unpaired) electrons. The van der Waals surface area contributed by atoms with E-state index in [2.05, 4.69) is 15.0 Å². The molecule has 1 amide bonds. The zero-order valence-corrected chi connectivity index (χ0v) is 17.7. The molecule has 4 atom stereocenters. The lowest BCUT2D eigenvalue weighted by molar-refractivity contribution is -0.0284. The highest BCUT2D eigenvalue weighted by molar-refractivity contribution is 7.85. The molecule has 0 spiro atoms. The minimum Gasteiger partial charge on any atom is -0.382 e. The van der Waals surface area contributed by atoms with Crippen molar-refractivity contribution in [1.82, 2.24) is 24.2 Å². The lowest BCUT2D eigenvalue weighted by atomic mass is 9.93. The number of rotatable bonds is 6. The number of nitrogens with zero attached hydrogens (tertiary/aromatic N) is 4. The molecule has 3 heterocycles. The highest BCUT2D eigenvalue weighted by Gasteiger charge is 2.41. The van der Waals surface area contributed by atoms with Crippen molar-refractivity contribution in [2.24, 2.45) is 11.8 Å². The minimum atomic E-state index is -4.30. The van der Waals surface area contributed by atoms with Crippen molar-refractivity contribution in [2.45, 2.75) is 26.2 Å². The molecule has 0 bridgehead atoms. The van der Waals surface area contributed by atoms with Crippen LogP contribution in [-0.2, 0) is 19.2 Å². The van der Waals surface area contributed by atoms with Gasteiger partial charge in [-0.25, -0.2) is 19.7 Å². The fourth-order valence-electron chi connectivity index (χ4n) is 3.54. The zero-order valence-electron chi connectivity index (χ0n) is 16.9. The van der Waals surface area contributed by atoms with Crippen LogP contribution >= 0.6 is 0 Å². The molecule has 1 fully saturated rings. The van der Waals surface area contributed by atoms with Gasteiger partial charge in [0.2, 0.25) is 0 Å². The lowest BCUT2D eigenvalue weighted by Gasteiger charge is -2.17. The maximum Gasteiger partial charge on any atom is 0.362 e. The third-order valence-corrected chi connectivity index (χ3v) is 6.36. The van der Waals surface area contributed by atoms with Crippen LogP contribution in [0.4, 0.5) is 5.82 Å². The Labute approximate surface area is 178 Å². The summed E-state index contributed by atoms with van der Waals surface area (Å²) in [5.41, 5.74) is 7.05. The van der Waals surface area contributed by atoms with Gasteiger partial charge in [0, 0.05) is 11.5 Å².